The van der Waals surface area contributed by atoms with E-state index in [1.54, 1.807) is 0 Å². The van der Waals surface area contributed by atoms with Crippen molar-refractivity contribution in [1.82, 2.24) is 10.2 Å². The van der Waals surface area contributed by atoms with Crippen molar-refractivity contribution in [3.8, 4) is 5.75 Å². The molecule has 2 aromatic rings. The lowest BCUT2D eigenvalue weighted by Crippen LogP contribution is -2.44. The first-order valence-electron chi connectivity index (χ1n) is 11.1. The minimum Gasteiger partial charge on any atom is -0.491 e. The van der Waals surface area contributed by atoms with Gasteiger partial charge in [0, 0.05) is 31.7 Å². The van der Waals surface area contributed by atoms with E-state index >= 15 is 0 Å². The summed E-state index contributed by atoms with van der Waals surface area (Å²) in [6.45, 7) is 4.99. The largest absolute Gasteiger partial charge is 0.491 e. The maximum absolute atomic E-state index is 10.6. The van der Waals surface area contributed by atoms with Crippen molar-refractivity contribution in [3.63, 3.8) is 0 Å². The molecule has 0 saturated heterocycles. The summed E-state index contributed by atoms with van der Waals surface area (Å²) in [5, 5.41) is 14.2. The minimum absolute atomic E-state index is 0.324. The second-order valence-electron chi connectivity index (χ2n) is 8.73. The van der Waals surface area contributed by atoms with Gasteiger partial charge >= 0.3 is 0 Å². The summed E-state index contributed by atoms with van der Waals surface area (Å²) < 4.78 is 5.92. The molecule has 4 heteroatoms. The van der Waals surface area contributed by atoms with Gasteiger partial charge in [0.15, 0.2) is 0 Å². The number of β-amino-alcohol motifs (C(OH)–C–C–N with tert-alkyl or cyclic N) is 1. The third kappa shape index (κ3) is 5.59. The highest BCUT2D eigenvalue weighted by Gasteiger charge is 2.24. The summed E-state index contributed by atoms with van der Waals surface area (Å²) in [5.74, 6) is 0.840. The van der Waals surface area contributed by atoms with Crippen LogP contribution in [0.15, 0.2) is 48.5 Å². The molecule has 0 bridgehead atoms. The van der Waals surface area contributed by atoms with Gasteiger partial charge in [-0.3, -0.25) is 4.90 Å². The summed E-state index contributed by atoms with van der Waals surface area (Å²) in [6, 6.07) is 18.0. The van der Waals surface area contributed by atoms with Gasteiger partial charge < -0.3 is 15.2 Å². The van der Waals surface area contributed by atoms with E-state index in [4.69, 9.17) is 4.74 Å². The Kier molecular flexibility index (Phi) is 6.86. The number of rotatable bonds is 8. The van der Waals surface area contributed by atoms with Crippen LogP contribution in [0.1, 0.15) is 49.3 Å². The number of aliphatic hydroxyl groups excluding tert-OH is 1. The molecule has 0 aromatic heterocycles. The SMILES string of the molecule is CC1Cc2ccccc2CN1CC(O)COc1cccc(CNC2CCCC2)c1. The van der Waals surface area contributed by atoms with Gasteiger partial charge in [0.25, 0.3) is 0 Å². The molecule has 0 radical (unpaired) electrons. The van der Waals surface area contributed by atoms with Crippen molar-refractivity contribution in [1.29, 1.82) is 0 Å². The number of aliphatic hydroxyl groups is 1. The van der Waals surface area contributed by atoms with Crippen LogP contribution in [0.25, 0.3) is 0 Å². The zero-order valence-corrected chi connectivity index (χ0v) is 17.5. The fraction of sp³-hybridized carbons (Fsp3) is 0.520. The van der Waals surface area contributed by atoms with Crippen LogP contribution >= 0.6 is 0 Å². The van der Waals surface area contributed by atoms with Crippen molar-refractivity contribution in [2.24, 2.45) is 0 Å². The van der Waals surface area contributed by atoms with Crippen LogP contribution in [0.4, 0.5) is 0 Å². The van der Waals surface area contributed by atoms with Crippen molar-refractivity contribution in [2.45, 2.75) is 70.3 Å². The molecule has 2 N–H and O–H groups in total. The summed E-state index contributed by atoms with van der Waals surface area (Å²) in [7, 11) is 0. The first kappa shape index (κ1) is 20.4. The lowest BCUT2D eigenvalue weighted by molar-refractivity contribution is 0.0478. The van der Waals surface area contributed by atoms with E-state index in [0.29, 0.717) is 25.2 Å². The van der Waals surface area contributed by atoms with E-state index in [2.05, 4.69) is 53.5 Å². The second kappa shape index (κ2) is 9.75. The van der Waals surface area contributed by atoms with Crippen LogP contribution < -0.4 is 10.1 Å². The molecule has 1 aliphatic carbocycles. The highest BCUT2D eigenvalue weighted by Crippen LogP contribution is 2.23. The van der Waals surface area contributed by atoms with Gasteiger partial charge in [-0.1, -0.05) is 49.2 Å². The fourth-order valence-electron chi connectivity index (χ4n) is 4.63. The van der Waals surface area contributed by atoms with Gasteiger partial charge in [0.2, 0.25) is 0 Å². The zero-order chi connectivity index (χ0) is 20.1. The number of hydrogen-bond acceptors (Lipinski definition) is 4. The van der Waals surface area contributed by atoms with Gasteiger partial charge in [-0.25, -0.2) is 0 Å². The van der Waals surface area contributed by atoms with Crippen molar-refractivity contribution in [3.05, 3.63) is 65.2 Å². The molecule has 2 unspecified atom stereocenters. The van der Waals surface area contributed by atoms with E-state index in [1.165, 1.54) is 42.4 Å². The molecule has 0 amide bonds. The number of ether oxygens (including phenoxy) is 1. The quantitative estimate of drug-likeness (QED) is 0.713. The minimum atomic E-state index is -0.497. The Labute approximate surface area is 174 Å². The maximum Gasteiger partial charge on any atom is 0.119 e. The second-order valence-corrected chi connectivity index (χ2v) is 8.73. The number of nitrogens with one attached hydrogen (secondary N) is 1. The zero-order valence-electron chi connectivity index (χ0n) is 17.5. The van der Waals surface area contributed by atoms with Crippen LogP contribution in [0.5, 0.6) is 5.75 Å². The van der Waals surface area contributed by atoms with E-state index < -0.39 is 6.10 Å². The predicted octanol–water partition coefficient (Wildman–Crippen LogP) is 3.91. The average molecular weight is 395 g/mol. The highest BCUT2D eigenvalue weighted by atomic mass is 16.5. The molecule has 2 aliphatic rings. The lowest BCUT2D eigenvalue weighted by Gasteiger charge is -2.36. The van der Waals surface area contributed by atoms with Crippen molar-refractivity contribution < 1.29 is 9.84 Å². The predicted molar refractivity (Wildman–Crippen MR) is 117 cm³/mol. The standard InChI is InChI=1S/C25H34N2O2/c1-19-13-21-8-2-3-9-22(21)16-27(19)17-24(28)18-29-25-12-6-7-20(14-25)15-26-23-10-4-5-11-23/h2-3,6-9,12,14,19,23-24,26,28H,4-5,10-11,13,15-18H2,1H3. The van der Waals surface area contributed by atoms with Crippen molar-refractivity contribution >= 4 is 0 Å². The summed E-state index contributed by atoms with van der Waals surface area (Å²) in [6.07, 6.45) is 5.83. The average Bonchev–Trinajstić information content (AvgIpc) is 3.25. The monoisotopic (exact) mass is 394 g/mol. The molecule has 156 valence electrons. The molecule has 2 atom stereocenters. The van der Waals surface area contributed by atoms with Gasteiger partial charge in [-0.05, 0) is 55.0 Å². The van der Waals surface area contributed by atoms with Gasteiger partial charge in [0.1, 0.15) is 18.5 Å². The number of fused-ring (bicyclic) bond motifs is 1. The Morgan fingerprint density at radius 1 is 1.10 bits per heavy atom. The molecule has 1 heterocycles. The van der Waals surface area contributed by atoms with Crippen LogP contribution in [0, 0.1) is 0 Å². The number of benzene rings is 2. The normalized spacial score (nSPS) is 21.1. The molecule has 2 aromatic carbocycles. The molecule has 1 aliphatic heterocycles. The van der Waals surface area contributed by atoms with Gasteiger partial charge in [-0.15, -0.1) is 0 Å². The number of hydrogen-bond donors (Lipinski definition) is 2. The third-order valence-corrected chi connectivity index (χ3v) is 6.37. The Morgan fingerprint density at radius 2 is 1.90 bits per heavy atom. The molecule has 4 nitrogen and oxygen atoms in total. The topological polar surface area (TPSA) is 44.7 Å². The van der Waals surface area contributed by atoms with E-state index in [-0.39, 0.29) is 0 Å². The highest BCUT2D eigenvalue weighted by molar-refractivity contribution is 5.30. The Morgan fingerprint density at radius 3 is 2.72 bits per heavy atom. The number of nitrogens with zero attached hydrogens (tertiary/aromatic N) is 1. The van der Waals surface area contributed by atoms with Crippen LogP contribution in [-0.2, 0) is 19.5 Å². The first-order valence-corrected chi connectivity index (χ1v) is 11.1. The molecule has 1 fully saturated rings. The molecular formula is C25H34N2O2. The van der Waals surface area contributed by atoms with Crippen molar-refractivity contribution in [2.75, 3.05) is 13.2 Å². The summed E-state index contributed by atoms with van der Waals surface area (Å²) >= 11 is 0. The fourth-order valence-corrected chi connectivity index (χ4v) is 4.63. The Balaban J connectivity index is 1.25. The van der Waals surface area contributed by atoms with Gasteiger partial charge in [0.05, 0.1) is 0 Å². The summed E-state index contributed by atoms with van der Waals surface area (Å²) in [4.78, 5) is 2.36. The Hall–Kier alpha value is -1.88. The molecule has 29 heavy (non-hydrogen) atoms. The smallest absolute Gasteiger partial charge is 0.119 e. The van der Waals surface area contributed by atoms with Gasteiger partial charge in [-0.2, -0.15) is 0 Å². The molecule has 0 spiro atoms. The van der Waals surface area contributed by atoms with E-state index in [1.807, 2.05) is 12.1 Å². The molecule has 4 rings (SSSR count). The lowest BCUT2D eigenvalue weighted by atomic mass is 9.94. The van der Waals surface area contributed by atoms with E-state index in [9.17, 15) is 5.11 Å². The van der Waals surface area contributed by atoms with Crippen LogP contribution in [-0.4, -0.2) is 41.3 Å². The molecular weight excluding hydrogens is 360 g/mol. The Bertz CT molecular complexity index is 788. The first-order chi connectivity index (χ1) is 14.2. The summed E-state index contributed by atoms with van der Waals surface area (Å²) in [5.41, 5.74) is 4.05. The third-order valence-electron chi connectivity index (χ3n) is 6.37. The van der Waals surface area contributed by atoms with Crippen LogP contribution in [0.2, 0.25) is 0 Å². The maximum atomic E-state index is 10.6. The van der Waals surface area contributed by atoms with E-state index in [0.717, 1.165) is 25.3 Å². The van der Waals surface area contributed by atoms with Crippen LogP contribution in [0.3, 0.4) is 0 Å². The molecule has 1 saturated carbocycles.